The molecular weight excluding hydrogens is 486 g/mol. The summed E-state index contributed by atoms with van der Waals surface area (Å²) in [7, 11) is 0. The van der Waals surface area contributed by atoms with Gasteiger partial charge in [-0.25, -0.2) is 4.79 Å². The quantitative estimate of drug-likeness (QED) is 0.348. The predicted octanol–water partition coefficient (Wildman–Crippen LogP) is 6.29. The van der Waals surface area contributed by atoms with Crippen molar-refractivity contribution in [2.45, 2.75) is 97.8 Å². The topological polar surface area (TPSA) is 76.1 Å². The molecule has 0 aromatic carbocycles. The molecule has 1 amide bonds. The molecule has 3 atom stereocenters. The molecule has 1 aromatic rings. The summed E-state index contributed by atoms with van der Waals surface area (Å²) in [5.41, 5.74) is 1.62. The Bertz CT molecular complexity index is 1070. The van der Waals surface area contributed by atoms with Crippen molar-refractivity contribution in [3.8, 4) is 11.8 Å². The molecule has 1 aliphatic heterocycles. The van der Waals surface area contributed by atoms with E-state index in [1.165, 1.54) is 16.9 Å². The van der Waals surface area contributed by atoms with Crippen molar-refractivity contribution < 1.29 is 24.2 Å². The van der Waals surface area contributed by atoms with Gasteiger partial charge < -0.3 is 19.5 Å². The number of carboxylic acid groups (broad SMARTS) is 1. The lowest BCUT2D eigenvalue weighted by molar-refractivity contribution is -0.124. The predicted molar refractivity (Wildman–Crippen MR) is 147 cm³/mol. The van der Waals surface area contributed by atoms with Crippen molar-refractivity contribution in [1.29, 1.82) is 0 Å². The molecule has 6 nitrogen and oxygen atoms in total. The van der Waals surface area contributed by atoms with Gasteiger partial charge in [-0.3, -0.25) is 4.79 Å². The van der Waals surface area contributed by atoms with Gasteiger partial charge >= 0.3 is 5.97 Å². The summed E-state index contributed by atoms with van der Waals surface area (Å²) in [4.78, 5) is 29.3. The lowest BCUT2D eigenvalue weighted by atomic mass is 9.79. The highest BCUT2D eigenvalue weighted by Crippen LogP contribution is 2.39. The third-order valence-corrected chi connectivity index (χ3v) is 8.64. The minimum atomic E-state index is -1.01. The van der Waals surface area contributed by atoms with E-state index in [9.17, 15) is 14.7 Å². The number of amides is 1. The number of hydrogen-bond donors (Lipinski definition) is 1. The van der Waals surface area contributed by atoms with E-state index in [4.69, 9.17) is 9.47 Å². The Hall–Kier alpha value is -2.14. The summed E-state index contributed by atoms with van der Waals surface area (Å²) in [5, 5.41) is 10.1. The summed E-state index contributed by atoms with van der Waals surface area (Å²) in [6.07, 6.45) is 8.31. The summed E-state index contributed by atoms with van der Waals surface area (Å²) in [6, 6.07) is 1.78. The van der Waals surface area contributed by atoms with Gasteiger partial charge in [-0.05, 0) is 84.6 Å². The van der Waals surface area contributed by atoms with E-state index in [1.54, 1.807) is 0 Å². The second-order valence-corrected chi connectivity index (χ2v) is 13.0. The summed E-state index contributed by atoms with van der Waals surface area (Å²) < 4.78 is 11.7. The first-order valence-corrected chi connectivity index (χ1v) is 14.5. The number of allylic oxidation sites excluding steroid dienone is 2. The molecule has 2 aliphatic carbocycles. The third kappa shape index (κ3) is 7.04. The number of ether oxygens (including phenoxy) is 2. The fourth-order valence-electron chi connectivity index (χ4n) is 5.67. The first-order chi connectivity index (χ1) is 17.5. The maximum Gasteiger partial charge on any atom is 0.348 e. The van der Waals surface area contributed by atoms with Gasteiger partial charge in [0.25, 0.3) is 0 Å². The summed E-state index contributed by atoms with van der Waals surface area (Å²) in [6.45, 7) is 11.8. The molecule has 1 saturated heterocycles. The Balaban J connectivity index is 1.63. The smallest absolute Gasteiger partial charge is 0.348 e. The normalized spacial score (nSPS) is 28.2. The van der Waals surface area contributed by atoms with Crippen molar-refractivity contribution in [2.75, 3.05) is 18.1 Å². The van der Waals surface area contributed by atoms with E-state index < -0.39 is 5.97 Å². The van der Waals surface area contributed by atoms with Gasteiger partial charge in [0.05, 0.1) is 29.4 Å². The number of carboxylic acids is 1. The Kier molecular flexibility index (Phi) is 8.83. The monoisotopic (exact) mass is 527 g/mol. The highest BCUT2D eigenvalue weighted by Gasteiger charge is 2.39. The first kappa shape index (κ1) is 27.9. The number of aromatic carboxylic acids is 1. The van der Waals surface area contributed by atoms with Gasteiger partial charge in [0.2, 0.25) is 5.91 Å². The van der Waals surface area contributed by atoms with Crippen molar-refractivity contribution in [2.24, 2.45) is 17.3 Å². The third-order valence-electron chi connectivity index (χ3n) is 7.61. The molecule has 7 heteroatoms. The van der Waals surface area contributed by atoms with Gasteiger partial charge in [0, 0.05) is 24.0 Å². The zero-order chi connectivity index (χ0) is 26.7. The van der Waals surface area contributed by atoms with E-state index in [-0.39, 0.29) is 46.3 Å². The summed E-state index contributed by atoms with van der Waals surface area (Å²) >= 11 is 1.17. The number of carbonyl (C=O) groups excluding carboxylic acids is 1. The van der Waals surface area contributed by atoms with Crippen LogP contribution in [0.15, 0.2) is 17.7 Å². The lowest BCUT2D eigenvalue weighted by Gasteiger charge is -2.40. The lowest BCUT2D eigenvalue weighted by Crippen LogP contribution is -2.48. The number of thiophene rings is 1. The summed E-state index contributed by atoms with van der Waals surface area (Å²) in [5.74, 6) is 5.47. The standard InChI is InChI=1S/C30H41NO5S/c1-19-6-11-25(20(2)16-19)28(32)31(21-7-9-22(10-8-21)36-23-13-15-35-18-23)26-17-24(12-14-30(3,4)5)37-27(26)29(33)34/h6,17,20-23,25H,7-11,13,15-16,18H2,1-5H3,(H,33,34)/t20-,21?,22?,23+,25?/m1/s1. The van der Waals surface area contributed by atoms with E-state index in [0.717, 1.165) is 45.1 Å². The molecule has 2 heterocycles. The van der Waals surface area contributed by atoms with Crippen LogP contribution < -0.4 is 4.90 Å². The molecule has 1 unspecified atom stereocenters. The fourth-order valence-corrected chi connectivity index (χ4v) is 6.51. The zero-order valence-corrected chi connectivity index (χ0v) is 23.7. The second-order valence-electron chi connectivity index (χ2n) is 12.0. The van der Waals surface area contributed by atoms with E-state index in [0.29, 0.717) is 23.6 Å². The zero-order valence-electron chi connectivity index (χ0n) is 22.8. The van der Waals surface area contributed by atoms with Crippen LogP contribution in [0.1, 0.15) is 94.1 Å². The molecule has 4 rings (SSSR count). The van der Waals surface area contributed by atoms with Crippen LogP contribution in [0.3, 0.4) is 0 Å². The number of carbonyl (C=O) groups is 2. The van der Waals surface area contributed by atoms with Gasteiger partial charge in [0.1, 0.15) is 4.88 Å². The average molecular weight is 528 g/mol. The van der Waals surface area contributed by atoms with Gasteiger partial charge in [-0.15, -0.1) is 11.3 Å². The highest BCUT2D eigenvalue weighted by atomic mass is 32.1. The molecule has 0 bridgehead atoms. The first-order valence-electron chi connectivity index (χ1n) is 13.6. The molecule has 1 saturated carbocycles. The number of hydrogen-bond acceptors (Lipinski definition) is 5. The van der Waals surface area contributed by atoms with Crippen molar-refractivity contribution in [3.05, 3.63) is 27.5 Å². The van der Waals surface area contributed by atoms with Crippen LogP contribution >= 0.6 is 11.3 Å². The minimum Gasteiger partial charge on any atom is -0.477 e. The Labute approximate surface area is 225 Å². The molecule has 37 heavy (non-hydrogen) atoms. The van der Waals surface area contributed by atoms with E-state index in [1.807, 2.05) is 31.7 Å². The Morgan fingerprint density at radius 3 is 2.49 bits per heavy atom. The number of anilines is 1. The highest BCUT2D eigenvalue weighted by molar-refractivity contribution is 7.15. The van der Waals surface area contributed by atoms with E-state index in [2.05, 4.69) is 31.8 Å². The number of nitrogens with zero attached hydrogens (tertiary/aromatic N) is 1. The van der Waals surface area contributed by atoms with Crippen LogP contribution in [0.25, 0.3) is 0 Å². The maximum absolute atomic E-state index is 14.2. The molecule has 0 spiro atoms. The van der Waals surface area contributed by atoms with Crippen LogP contribution in [-0.4, -0.2) is 48.4 Å². The largest absolute Gasteiger partial charge is 0.477 e. The van der Waals surface area contributed by atoms with Crippen molar-refractivity contribution >= 4 is 28.9 Å². The molecule has 0 radical (unpaired) electrons. The molecule has 3 aliphatic rings. The molecule has 2 fully saturated rings. The number of rotatable bonds is 6. The van der Waals surface area contributed by atoms with Crippen LogP contribution in [0, 0.1) is 29.1 Å². The van der Waals surface area contributed by atoms with Gasteiger partial charge in [-0.1, -0.05) is 30.4 Å². The van der Waals surface area contributed by atoms with E-state index >= 15 is 0 Å². The fraction of sp³-hybridized carbons (Fsp3) is 0.667. The van der Waals surface area contributed by atoms with Crippen LogP contribution in [0.5, 0.6) is 0 Å². The van der Waals surface area contributed by atoms with Crippen LogP contribution in [0.2, 0.25) is 0 Å². The molecule has 202 valence electrons. The molecular formula is C30H41NO5S. The average Bonchev–Trinajstić information content (AvgIpc) is 3.49. The second kappa shape index (κ2) is 11.7. The van der Waals surface area contributed by atoms with Gasteiger partial charge in [0.15, 0.2) is 0 Å². The van der Waals surface area contributed by atoms with Crippen molar-refractivity contribution in [1.82, 2.24) is 0 Å². The Morgan fingerprint density at radius 2 is 1.89 bits per heavy atom. The molecule has 1 aromatic heterocycles. The van der Waals surface area contributed by atoms with Crippen molar-refractivity contribution in [3.63, 3.8) is 0 Å². The van der Waals surface area contributed by atoms with Crippen LogP contribution in [-0.2, 0) is 14.3 Å². The Morgan fingerprint density at radius 1 is 1.16 bits per heavy atom. The van der Waals surface area contributed by atoms with Gasteiger partial charge in [-0.2, -0.15) is 0 Å². The minimum absolute atomic E-state index is 0.0421. The molecule has 1 N–H and O–H groups in total. The maximum atomic E-state index is 14.2. The SMILES string of the molecule is CC1=CCC(C(=O)N(c2cc(C#CC(C)(C)C)sc2C(=O)O)C2CCC(O[C@H]3CCOC3)CC2)[C@H](C)C1. The van der Waals surface area contributed by atoms with Crippen LogP contribution in [0.4, 0.5) is 5.69 Å².